The summed E-state index contributed by atoms with van der Waals surface area (Å²) in [5, 5.41) is 16.0. The predicted molar refractivity (Wildman–Crippen MR) is 90.3 cm³/mol. The summed E-state index contributed by atoms with van der Waals surface area (Å²) >= 11 is 1.57. The molecular weight excluding hydrogens is 312 g/mol. The number of aliphatic hydroxyl groups is 1. The van der Waals surface area contributed by atoms with Crippen molar-refractivity contribution < 1.29 is 9.90 Å². The number of urea groups is 1. The van der Waals surface area contributed by atoms with E-state index in [1.54, 1.807) is 23.7 Å². The SMILES string of the molecule is Cc1cnc(C(C)NC(=O)NCC(CO)Cc2ccccn2)s1. The van der Waals surface area contributed by atoms with Crippen LogP contribution in [0.5, 0.6) is 0 Å². The van der Waals surface area contributed by atoms with Gasteiger partial charge >= 0.3 is 6.03 Å². The maximum Gasteiger partial charge on any atom is 0.315 e. The van der Waals surface area contributed by atoms with E-state index in [0.717, 1.165) is 15.6 Å². The normalized spacial score (nSPS) is 13.3. The first-order chi connectivity index (χ1) is 11.1. The molecule has 0 saturated heterocycles. The van der Waals surface area contributed by atoms with E-state index in [1.807, 2.05) is 32.0 Å². The van der Waals surface area contributed by atoms with E-state index in [4.69, 9.17) is 0 Å². The maximum absolute atomic E-state index is 12.0. The zero-order valence-electron chi connectivity index (χ0n) is 13.3. The van der Waals surface area contributed by atoms with Crippen LogP contribution >= 0.6 is 11.3 Å². The van der Waals surface area contributed by atoms with E-state index < -0.39 is 0 Å². The number of hydrogen-bond acceptors (Lipinski definition) is 5. The van der Waals surface area contributed by atoms with Crippen molar-refractivity contribution >= 4 is 17.4 Å². The number of nitrogens with zero attached hydrogens (tertiary/aromatic N) is 2. The Bertz CT molecular complexity index is 618. The minimum absolute atomic E-state index is 0.00190. The molecular formula is C16H22N4O2S. The van der Waals surface area contributed by atoms with Crippen molar-refractivity contribution in [1.82, 2.24) is 20.6 Å². The van der Waals surface area contributed by atoms with Crippen LogP contribution in [-0.4, -0.2) is 34.3 Å². The lowest BCUT2D eigenvalue weighted by Crippen LogP contribution is -2.40. The summed E-state index contributed by atoms with van der Waals surface area (Å²) in [7, 11) is 0. The van der Waals surface area contributed by atoms with Gasteiger partial charge in [-0.2, -0.15) is 0 Å². The molecule has 0 bridgehead atoms. The summed E-state index contributed by atoms with van der Waals surface area (Å²) in [5.41, 5.74) is 0.903. The Balaban J connectivity index is 1.78. The number of amides is 2. The summed E-state index contributed by atoms with van der Waals surface area (Å²) < 4.78 is 0. The Morgan fingerprint density at radius 1 is 1.39 bits per heavy atom. The van der Waals surface area contributed by atoms with Gasteiger partial charge in [0.25, 0.3) is 0 Å². The molecule has 0 fully saturated rings. The smallest absolute Gasteiger partial charge is 0.315 e. The van der Waals surface area contributed by atoms with E-state index >= 15 is 0 Å². The molecule has 3 N–H and O–H groups in total. The fourth-order valence-corrected chi connectivity index (χ4v) is 2.91. The van der Waals surface area contributed by atoms with Crippen LogP contribution in [0.4, 0.5) is 4.79 Å². The second-order valence-electron chi connectivity index (χ2n) is 5.46. The van der Waals surface area contributed by atoms with Crippen LogP contribution in [-0.2, 0) is 6.42 Å². The minimum Gasteiger partial charge on any atom is -0.396 e. The first kappa shape index (κ1) is 17.4. The Kier molecular flexibility index (Phi) is 6.49. The highest BCUT2D eigenvalue weighted by atomic mass is 32.1. The van der Waals surface area contributed by atoms with Crippen molar-refractivity contribution in [1.29, 1.82) is 0 Å². The first-order valence-electron chi connectivity index (χ1n) is 7.56. The van der Waals surface area contributed by atoms with Gasteiger partial charge in [-0.05, 0) is 32.4 Å². The highest BCUT2D eigenvalue weighted by molar-refractivity contribution is 7.11. The summed E-state index contributed by atoms with van der Waals surface area (Å²) in [4.78, 5) is 21.6. The molecule has 0 aliphatic carbocycles. The Morgan fingerprint density at radius 2 is 2.22 bits per heavy atom. The molecule has 2 unspecified atom stereocenters. The number of thiazole rings is 1. The second-order valence-corrected chi connectivity index (χ2v) is 6.73. The summed E-state index contributed by atoms with van der Waals surface area (Å²) in [6.45, 7) is 4.27. The minimum atomic E-state index is -0.259. The van der Waals surface area contributed by atoms with Gasteiger partial charge in [0.15, 0.2) is 0 Å². The molecule has 0 aromatic carbocycles. The van der Waals surface area contributed by atoms with Crippen molar-refractivity contribution in [2.24, 2.45) is 5.92 Å². The van der Waals surface area contributed by atoms with Crippen LogP contribution in [0.2, 0.25) is 0 Å². The molecule has 2 aromatic rings. The average Bonchev–Trinajstić information content (AvgIpc) is 2.99. The maximum atomic E-state index is 12.0. The molecule has 7 heteroatoms. The van der Waals surface area contributed by atoms with E-state index in [1.165, 1.54) is 0 Å². The first-order valence-corrected chi connectivity index (χ1v) is 8.37. The fourth-order valence-electron chi connectivity index (χ4n) is 2.13. The zero-order valence-corrected chi connectivity index (χ0v) is 14.1. The number of carbonyl (C=O) groups is 1. The largest absolute Gasteiger partial charge is 0.396 e. The third-order valence-electron chi connectivity index (χ3n) is 3.39. The zero-order chi connectivity index (χ0) is 16.7. The number of aryl methyl sites for hydroxylation is 1. The van der Waals surface area contributed by atoms with Gasteiger partial charge in [-0.15, -0.1) is 11.3 Å². The van der Waals surface area contributed by atoms with E-state index in [-0.39, 0.29) is 24.6 Å². The predicted octanol–water partition coefficient (Wildman–Crippen LogP) is 2.06. The van der Waals surface area contributed by atoms with Crippen LogP contribution in [0, 0.1) is 12.8 Å². The summed E-state index contributed by atoms with van der Waals surface area (Å²) in [6.07, 6.45) is 4.14. The van der Waals surface area contributed by atoms with Gasteiger partial charge in [0, 0.05) is 42.0 Å². The van der Waals surface area contributed by atoms with E-state index in [2.05, 4.69) is 20.6 Å². The van der Waals surface area contributed by atoms with Gasteiger partial charge in [-0.1, -0.05) is 6.07 Å². The molecule has 6 nitrogen and oxygen atoms in total. The molecule has 2 atom stereocenters. The van der Waals surface area contributed by atoms with Gasteiger partial charge in [0.1, 0.15) is 5.01 Å². The standard InChI is InChI=1S/C16H22N4O2S/c1-11-8-18-15(23-11)12(2)20-16(22)19-9-13(10-21)7-14-5-3-4-6-17-14/h3-6,8,12-13,21H,7,9-10H2,1-2H3,(H2,19,20,22). The lowest BCUT2D eigenvalue weighted by atomic mass is 10.0. The van der Waals surface area contributed by atoms with Crippen LogP contribution in [0.15, 0.2) is 30.6 Å². The fraction of sp³-hybridized carbons (Fsp3) is 0.438. The highest BCUT2D eigenvalue weighted by Gasteiger charge is 2.15. The molecule has 2 amide bonds. The van der Waals surface area contributed by atoms with Crippen molar-refractivity contribution in [2.75, 3.05) is 13.2 Å². The average molecular weight is 334 g/mol. The number of aliphatic hydroxyl groups excluding tert-OH is 1. The number of rotatable bonds is 7. The molecule has 23 heavy (non-hydrogen) atoms. The molecule has 124 valence electrons. The van der Waals surface area contributed by atoms with Crippen LogP contribution < -0.4 is 10.6 Å². The van der Waals surface area contributed by atoms with Gasteiger partial charge in [0.2, 0.25) is 0 Å². The molecule has 0 spiro atoms. The van der Waals surface area contributed by atoms with E-state index in [0.29, 0.717) is 13.0 Å². The van der Waals surface area contributed by atoms with Gasteiger partial charge < -0.3 is 15.7 Å². The molecule has 0 aliphatic heterocycles. The molecule has 2 rings (SSSR count). The lowest BCUT2D eigenvalue weighted by molar-refractivity contribution is 0.212. The summed E-state index contributed by atoms with van der Waals surface area (Å²) in [5.74, 6) is -0.0620. The van der Waals surface area contributed by atoms with Gasteiger partial charge in [0.05, 0.1) is 6.04 Å². The summed E-state index contributed by atoms with van der Waals surface area (Å²) in [6, 6.07) is 5.27. The van der Waals surface area contributed by atoms with Gasteiger partial charge in [-0.3, -0.25) is 4.98 Å². The molecule has 2 heterocycles. The van der Waals surface area contributed by atoms with Crippen LogP contribution in [0.25, 0.3) is 0 Å². The van der Waals surface area contributed by atoms with Crippen LogP contribution in [0.1, 0.15) is 28.5 Å². The molecule has 0 aliphatic rings. The number of carbonyl (C=O) groups excluding carboxylic acids is 1. The van der Waals surface area contributed by atoms with Gasteiger partial charge in [-0.25, -0.2) is 9.78 Å². The Morgan fingerprint density at radius 3 is 2.83 bits per heavy atom. The van der Waals surface area contributed by atoms with Crippen molar-refractivity contribution in [3.8, 4) is 0 Å². The number of pyridine rings is 1. The van der Waals surface area contributed by atoms with Crippen molar-refractivity contribution in [3.63, 3.8) is 0 Å². The number of aromatic nitrogens is 2. The highest BCUT2D eigenvalue weighted by Crippen LogP contribution is 2.18. The number of nitrogens with one attached hydrogen (secondary N) is 2. The Labute approximate surface area is 140 Å². The molecule has 0 radical (unpaired) electrons. The monoisotopic (exact) mass is 334 g/mol. The van der Waals surface area contributed by atoms with Crippen molar-refractivity contribution in [3.05, 3.63) is 46.2 Å². The van der Waals surface area contributed by atoms with Crippen molar-refractivity contribution in [2.45, 2.75) is 26.3 Å². The third kappa shape index (κ3) is 5.61. The third-order valence-corrected chi connectivity index (χ3v) is 4.49. The van der Waals surface area contributed by atoms with E-state index in [9.17, 15) is 9.90 Å². The van der Waals surface area contributed by atoms with Crippen LogP contribution in [0.3, 0.4) is 0 Å². The topological polar surface area (TPSA) is 87.1 Å². The molecule has 0 saturated carbocycles. The Hall–Kier alpha value is -1.99. The molecule has 2 aromatic heterocycles. The number of hydrogen-bond donors (Lipinski definition) is 3. The quantitative estimate of drug-likeness (QED) is 0.723. The second kappa shape index (κ2) is 8.59. The lowest BCUT2D eigenvalue weighted by Gasteiger charge is -2.17.